The number of rotatable bonds is 5. The van der Waals surface area contributed by atoms with Crippen molar-refractivity contribution in [2.24, 2.45) is 0 Å². The van der Waals surface area contributed by atoms with Gasteiger partial charge < -0.3 is 0 Å². The van der Waals surface area contributed by atoms with Crippen LogP contribution in [0.5, 0.6) is 0 Å². The van der Waals surface area contributed by atoms with Crippen molar-refractivity contribution >= 4 is 27.2 Å². The van der Waals surface area contributed by atoms with Crippen molar-refractivity contribution in [1.29, 1.82) is 0 Å². The van der Waals surface area contributed by atoms with E-state index in [0.717, 1.165) is 23.3 Å². The first-order chi connectivity index (χ1) is 8.56. The molecule has 2 N–H and O–H groups in total. The standard InChI is InChI=1S/C11H15N3O2S2/c1-3-8-7-12-13-11(8)14-18(15,16)10-6-5-9(4-2)17-10/h5-7H,3-4H2,1-2H3,(H2,12,13,14). The first kappa shape index (κ1) is 13.1. The molecule has 0 saturated carbocycles. The highest BCUT2D eigenvalue weighted by molar-refractivity contribution is 7.94. The average Bonchev–Trinajstić information content (AvgIpc) is 2.96. The molecule has 2 aromatic rings. The molecule has 7 heteroatoms. The van der Waals surface area contributed by atoms with E-state index in [1.54, 1.807) is 12.3 Å². The minimum absolute atomic E-state index is 0.330. The van der Waals surface area contributed by atoms with E-state index in [1.807, 2.05) is 19.9 Å². The molecule has 0 fully saturated rings. The molecule has 0 atom stereocenters. The van der Waals surface area contributed by atoms with Gasteiger partial charge in [0.1, 0.15) is 10.0 Å². The zero-order valence-electron chi connectivity index (χ0n) is 10.2. The Kier molecular flexibility index (Phi) is 3.72. The normalized spacial score (nSPS) is 11.7. The lowest BCUT2D eigenvalue weighted by Gasteiger charge is -2.05. The fraction of sp³-hybridized carbons (Fsp3) is 0.364. The van der Waals surface area contributed by atoms with E-state index < -0.39 is 10.0 Å². The molecule has 2 aromatic heterocycles. The van der Waals surface area contributed by atoms with Gasteiger partial charge in [0, 0.05) is 10.4 Å². The maximum atomic E-state index is 12.1. The van der Waals surface area contributed by atoms with Crippen LogP contribution in [0.2, 0.25) is 0 Å². The van der Waals surface area contributed by atoms with Crippen LogP contribution in [0.1, 0.15) is 24.3 Å². The highest BCUT2D eigenvalue weighted by Gasteiger charge is 2.18. The van der Waals surface area contributed by atoms with E-state index >= 15 is 0 Å². The molecule has 18 heavy (non-hydrogen) atoms. The smallest absolute Gasteiger partial charge is 0.263 e. The Balaban J connectivity index is 2.27. The second-order valence-corrected chi connectivity index (χ2v) is 6.88. The van der Waals surface area contributed by atoms with Crippen LogP contribution in [-0.4, -0.2) is 18.6 Å². The van der Waals surface area contributed by atoms with Gasteiger partial charge in [-0.05, 0) is 25.0 Å². The number of nitrogens with zero attached hydrogens (tertiary/aromatic N) is 1. The number of aromatic nitrogens is 2. The first-order valence-corrected chi connectivity index (χ1v) is 8.00. The molecule has 2 rings (SSSR count). The van der Waals surface area contributed by atoms with Crippen molar-refractivity contribution in [3.8, 4) is 0 Å². The molecule has 0 aromatic carbocycles. The van der Waals surface area contributed by atoms with Crippen LogP contribution in [0.25, 0.3) is 0 Å². The predicted molar refractivity (Wildman–Crippen MR) is 72.5 cm³/mol. The van der Waals surface area contributed by atoms with Gasteiger partial charge in [-0.1, -0.05) is 13.8 Å². The SMILES string of the molecule is CCc1ccc(S(=O)(=O)Nc2[nH]ncc2CC)s1. The van der Waals surface area contributed by atoms with Crippen LogP contribution in [0.3, 0.4) is 0 Å². The molecule has 0 saturated heterocycles. The summed E-state index contributed by atoms with van der Waals surface area (Å²) in [6.45, 7) is 3.95. The number of nitrogens with one attached hydrogen (secondary N) is 2. The highest BCUT2D eigenvalue weighted by Crippen LogP contribution is 2.24. The second kappa shape index (κ2) is 5.11. The molecule has 0 amide bonds. The molecule has 0 bridgehead atoms. The Labute approximate surface area is 110 Å². The minimum Gasteiger partial charge on any atom is -0.263 e. The fourth-order valence-corrected chi connectivity index (χ4v) is 3.90. The summed E-state index contributed by atoms with van der Waals surface area (Å²) in [5.74, 6) is 0.448. The van der Waals surface area contributed by atoms with E-state index in [0.29, 0.717) is 10.0 Å². The monoisotopic (exact) mass is 285 g/mol. The van der Waals surface area contributed by atoms with Crippen LogP contribution < -0.4 is 4.72 Å². The topological polar surface area (TPSA) is 74.8 Å². The predicted octanol–water partition coefficient (Wildman–Crippen LogP) is 2.40. The number of hydrogen-bond acceptors (Lipinski definition) is 4. The van der Waals surface area contributed by atoms with Crippen molar-refractivity contribution in [2.75, 3.05) is 4.72 Å². The molecule has 0 aliphatic carbocycles. The van der Waals surface area contributed by atoms with Crippen LogP contribution in [-0.2, 0) is 22.9 Å². The third-order valence-electron chi connectivity index (χ3n) is 2.59. The number of H-pyrrole nitrogens is 1. The summed E-state index contributed by atoms with van der Waals surface area (Å²) in [4.78, 5) is 1.05. The van der Waals surface area contributed by atoms with Gasteiger partial charge in [-0.3, -0.25) is 9.82 Å². The lowest BCUT2D eigenvalue weighted by molar-refractivity contribution is 0.603. The minimum atomic E-state index is -3.51. The maximum absolute atomic E-state index is 12.1. The zero-order valence-corrected chi connectivity index (χ0v) is 11.9. The van der Waals surface area contributed by atoms with Crippen LogP contribution >= 0.6 is 11.3 Å². The van der Waals surface area contributed by atoms with Gasteiger partial charge in [-0.2, -0.15) is 5.10 Å². The van der Waals surface area contributed by atoms with Crippen LogP contribution in [0.15, 0.2) is 22.5 Å². The first-order valence-electron chi connectivity index (χ1n) is 5.70. The third kappa shape index (κ3) is 2.56. The summed E-state index contributed by atoms with van der Waals surface area (Å²) in [5.41, 5.74) is 0.853. The Hall–Kier alpha value is -1.34. The van der Waals surface area contributed by atoms with Crippen molar-refractivity contribution < 1.29 is 8.42 Å². The van der Waals surface area contributed by atoms with Gasteiger partial charge in [0.25, 0.3) is 10.0 Å². The number of anilines is 1. The molecular weight excluding hydrogens is 270 g/mol. The molecule has 2 heterocycles. The number of aryl methyl sites for hydroxylation is 2. The molecule has 0 spiro atoms. The Morgan fingerprint density at radius 1 is 1.33 bits per heavy atom. The van der Waals surface area contributed by atoms with Crippen LogP contribution in [0.4, 0.5) is 5.82 Å². The van der Waals surface area contributed by atoms with Gasteiger partial charge in [0.05, 0.1) is 6.20 Å². The fourth-order valence-electron chi connectivity index (χ4n) is 1.54. The van der Waals surface area contributed by atoms with Crippen molar-refractivity contribution in [1.82, 2.24) is 10.2 Å². The van der Waals surface area contributed by atoms with E-state index in [4.69, 9.17) is 0 Å². The van der Waals surface area contributed by atoms with E-state index in [9.17, 15) is 8.42 Å². The Morgan fingerprint density at radius 2 is 2.11 bits per heavy atom. The van der Waals surface area contributed by atoms with Gasteiger partial charge in [0.15, 0.2) is 0 Å². The van der Waals surface area contributed by atoms with Gasteiger partial charge >= 0.3 is 0 Å². The molecule has 0 aliphatic heterocycles. The number of thiophene rings is 1. The van der Waals surface area contributed by atoms with Crippen molar-refractivity contribution in [3.63, 3.8) is 0 Å². The summed E-state index contributed by atoms with van der Waals surface area (Å²) in [6, 6.07) is 3.47. The number of hydrogen-bond donors (Lipinski definition) is 2. The van der Waals surface area contributed by atoms with Crippen LogP contribution in [0, 0.1) is 0 Å². The van der Waals surface area contributed by atoms with E-state index in [1.165, 1.54) is 11.3 Å². The van der Waals surface area contributed by atoms with Gasteiger partial charge in [-0.25, -0.2) is 8.42 Å². The largest absolute Gasteiger partial charge is 0.272 e. The Morgan fingerprint density at radius 3 is 2.72 bits per heavy atom. The highest BCUT2D eigenvalue weighted by atomic mass is 32.2. The maximum Gasteiger partial charge on any atom is 0.272 e. The third-order valence-corrected chi connectivity index (χ3v) is 5.66. The Bertz CT molecular complexity index is 628. The molecule has 98 valence electrons. The second-order valence-electron chi connectivity index (χ2n) is 3.80. The summed E-state index contributed by atoms with van der Waals surface area (Å²) < 4.78 is 27.2. The number of sulfonamides is 1. The molecular formula is C11H15N3O2S2. The summed E-state index contributed by atoms with van der Waals surface area (Å²) in [5, 5.41) is 6.51. The van der Waals surface area contributed by atoms with Gasteiger partial charge in [0.2, 0.25) is 0 Å². The van der Waals surface area contributed by atoms with Gasteiger partial charge in [-0.15, -0.1) is 11.3 Å². The molecule has 0 unspecified atom stereocenters. The average molecular weight is 285 g/mol. The summed E-state index contributed by atoms with van der Waals surface area (Å²) in [6.07, 6.45) is 3.19. The van der Waals surface area contributed by atoms with Crippen molar-refractivity contribution in [2.45, 2.75) is 30.9 Å². The van der Waals surface area contributed by atoms with E-state index in [2.05, 4.69) is 14.9 Å². The zero-order chi connectivity index (χ0) is 13.2. The molecule has 0 radical (unpaired) electrons. The summed E-state index contributed by atoms with van der Waals surface area (Å²) in [7, 11) is -3.51. The lowest BCUT2D eigenvalue weighted by Crippen LogP contribution is -2.12. The lowest BCUT2D eigenvalue weighted by atomic mass is 10.3. The quantitative estimate of drug-likeness (QED) is 0.885. The van der Waals surface area contributed by atoms with E-state index in [-0.39, 0.29) is 0 Å². The van der Waals surface area contributed by atoms with Crippen molar-refractivity contribution in [3.05, 3.63) is 28.8 Å². The summed E-state index contributed by atoms with van der Waals surface area (Å²) >= 11 is 1.29. The molecule has 0 aliphatic rings. The molecule has 5 nitrogen and oxygen atoms in total. The number of aromatic amines is 1.